The summed E-state index contributed by atoms with van der Waals surface area (Å²) in [7, 11) is 0. The molecule has 0 aromatic carbocycles. The maximum atomic E-state index is 4.43. The zero-order chi connectivity index (χ0) is 13.0. The molecule has 0 bridgehead atoms. The minimum atomic E-state index is 0.821. The molecule has 0 unspecified atom stereocenters. The molecule has 0 amide bonds. The van der Waals surface area contributed by atoms with Gasteiger partial charge in [0.15, 0.2) is 0 Å². The standard InChI is InChI=1S/C12H15BrN4S/c1-3-10-16-9(13)6-11(17-10)14-5-4-12-15-8(2)7-18-12/h6-7H,3-5H2,1-2H3,(H,14,16,17). The third-order valence-corrected chi connectivity index (χ3v) is 3.80. The largest absolute Gasteiger partial charge is 0.370 e. The molecule has 96 valence electrons. The first-order valence-corrected chi connectivity index (χ1v) is 7.53. The lowest BCUT2D eigenvalue weighted by Gasteiger charge is -2.06. The van der Waals surface area contributed by atoms with E-state index in [1.807, 2.05) is 19.9 Å². The Labute approximate surface area is 119 Å². The van der Waals surface area contributed by atoms with Crippen molar-refractivity contribution < 1.29 is 0 Å². The lowest BCUT2D eigenvalue weighted by atomic mass is 10.4. The van der Waals surface area contributed by atoms with E-state index in [4.69, 9.17) is 0 Å². The van der Waals surface area contributed by atoms with E-state index >= 15 is 0 Å². The van der Waals surface area contributed by atoms with E-state index in [-0.39, 0.29) is 0 Å². The topological polar surface area (TPSA) is 50.7 Å². The molecule has 0 spiro atoms. The Hall–Kier alpha value is -1.01. The number of nitrogens with zero attached hydrogens (tertiary/aromatic N) is 3. The van der Waals surface area contributed by atoms with Crippen molar-refractivity contribution in [1.82, 2.24) is 15.0 Å². The molecule has 1 N–H and O–H groups in total. The Morgan fingerprint density at radius 2 is 2.17 bits per heavy atom. The Morgan fingerprint density at radius 3 is 2.83 bits per heavy atom. The van der Waals surface area contributed by atoms with Crippen LogP contribution in [0.15, 0.2) is 16.0 Å². The zero-order valence-corrected chi connectivity index (χ0v) is 12.8. The van der Waals surface area contributed by atoms with Gasteiger partial charge in [-0.15, -0.1) is 11.3 Å². The molecule has 2 aromatic heterocycles. The van der Waals surface area contributed by atoms with E-state index in [1.54, 1.807) is 11.3 Å². The van der Waals surface area contributed by atoms with Crippen LogP contribution in [0.5, 0.6) is 0 Å². The average molecular weight is 327 g/mol. The molecule has 0 aliphatic carbocycles. The lowest BCUT2D eigenvalue weighted by molar-refractivity contribution is 0.912. The van der Waals surface area contributed by atoms with E-state index < -0.39 is 0 Å². The second-order valence-corrected chi connectivity index (χ2v) is 5.66. The minimum absolute atomic E-state index is 0.821. The van der Waals surface area contributed by atoms with E-state index in [9.17, 15) is 0 Å². The van der Waals surface area contributed by atoms with Gasteiger partial charge in [-0.05, 0) is 22.9 Å². The van der Waals surface area contributed by atoms with Gasteiger partial charge in [-0.25, -0.2) is 15.0 Å². The summed E-state index contributed by atoms with van der Waals surface area (Å²) in [5.74, 6) is 1.71. The van der Waals surface area contributed by atoms with Crippen LogP contribution >= 0.6 is 27.3 Å². The first kappa shape index (κ1) is 13.4. The molecule has 2 aromatic rings. The van der Waals surface area contributed by atoms with Gasteiger partial charge >= 0.3 is 0 Å². The second-order valence-electron chi connectivity index (χ2n) is 3.91. The number of hydrogen-bond donors (Lipinski definition) is 1. The Kier molecular flexibility index (Phi) is 4.66. The van der Waals surface area contributed by atoms with Crippen molar-refractivity contribution >= 4 is 33.1 Å². The van der Waals surface area contributed by atoms with Crippen molar-refractivity contribution in [2.24, 2.45) is 0 Å². The molecule has 6 heteroatoms. The monoisotopic (exact) mass is 326 g/mol. The number of anilines is 1. The molecule has 0 aliphatic heterocycles. The Balaban J connectivity index is 1.91. The summed E-state index contributed by atoms with van der Waals surface area (Å²) in [6.07, 6.45) is 1.75. The Bertz CT molecular complexity index is 527. The normalized spacial score (nSPS) is 10.6. The number of hydrogen-bond acceptors (Lipinski definition) is 5. The van der Waals surface area contributed by atoms with Gasteiger partial charge in [0.05, 0.1) is 5.01 Å². The molecule has 2 rings (SSSR count). The van der Waals surface area contributed by atoms with Gasteiger partial charge in [0, 0.05) is 36.5 Å². The van der Waals surface area contributed by atoms with Gasteiger partial charge < -0.3 is 5.32 Å². The van der Waals surface area contributed by atoms with Crippen molar-refractivity contribution in [3.8, 4) is 0 Å². The Morgan fingerprint density at radius 1 is 1.33 bits per heavy atom. The third kappa shape index (κ3) is 3.74. The molecule has 4 nitrogen and oxygen atoms in total. The van der Waals surface area contributed by atoms with Crippen LogP contribution in [0.25, 0.3) is 0 Å². The van der Waals surface area contributed by atoms with Gasteiger partial charge in [-0.2, -0.15) is 0 Å². The highest BCUT2D eigenvalue weighted by atomic mass is 79.9. The fourth-order valence-electron chi connectivity index (χ4n) is 1.53. The van der Waals surface area contributed by atoms with Crippen molar-refractivity contribution in [3.63, 3.8) is 0 Å². The van der Waals surface area contributed by atoms with Gasteiger partial charge in [0.1, 0.15) is 16.2 Å². The van der Waals surface area contributed by atoms with Crippen molar-refractivity contribution in [3.05, 3.63) is 32.6 Å². The summed E-state index contributed by atoms with van der Waals surface area (Å²) in [5, 5.41) is 6.54. The van der Waals surface area contributed by atoms with E-state index in [2.05, 4.69) is 41.6 Å². The molecule has 0 fully saturated rings. The molecule has 0 saturated heterocycles. The first-order chi connectivity index (χ1) is 8.67. The van der Waals surface area contributed by atoms with Gasteiger partial charge in [-0.1, -0.05) is 6.92 Å². The van der Waals surface area contributed by atoms with Crippen molar-refractivity contribution in [2.45, 2.75) is 26.7 Å². The fraction of sp³-hybridized carbons (Fsp3) is 0.417. The van der Waals surface area contributed by atoms with Crippen LogP contribution in [0.1, 0.15) is 23.4 Å². The van der Waals surface area contributed by atoms with Crippen molar-refractivity contribution in [1.29, 1.82) is 0 Å². The SMILES string of the molecule is CCc1nc(Br)cc(NCCc2nc(C)cs2)n1. The highest BCUT2D eigenvalue weighted by molar-refractivity contribution is 9.10. The molecule has 0 radical (unpaired) electrons. The summed E-state index contributed by atoms with van der Waals surface area (Å²) >= 11 is 5.09. The molecule has 0 saturated carbocycles. The van der Waals surface area contributed by atoms with Crippen LogP contribution in [-0.2, 0) is 12.8 Å². The first-order valence-electron chi connectivity index (χ1n) is 5.85. The van der Waals surface area contributed by atoms with Gasteiger partial charge in [0.25, 0.3) is 0 Å². The number of aromatic nitrogens is 3. The van der Waals surface area contributed by atoms with E-state index in [0.29, 0.717) is 0 Å². The van der Waals surface area contributed by atoms with Gasteiger partial charge in [0.2, 0.25) is 0 Å². The predicted molar refractivity (Wildman–Crippen MR) is 78.2 cm³/mol. The number of halogens is 1. The fourth-order valence-corrected chi connectivity index (χ4v) is 2.73. The lowest BCUT2D eigenvalue weighted by Crippen LogP contribution is -2.08. The van der Waals surface area contributed by atoms with Crippen LogP contribution in [0.3, 0.4) is 0 Å². The van der Waals surface area contributed by atoms with Crippen LogP contribution in [0, 0.1) is 6.92 Å². The summed E-state index contributed by atoms with van der Waals surface area (Å²) in [5.41, 5.74) is 1.09. The summed E-state index contributed by atoms with van der Waals surface area (Å²) in [6.45, 7) is 4.89. The molecule has 0 atom stereocenters. The smallest absolute Gasteiger partial charge is 0.131 e. The summed E-state index contributed by atoms with van der Waals surface area (Å²) < 4.78 is 0.821. The molecule has 0 aliphatic rings. The number of nitrogens with one attached hydrogen (secondary N) is 1. The maximum absolute atomic E-state index is 4.43. The zero-order valence-electron chi connectivity index (χ0n) is 10.4. The number of thiazole rings is 1. The average Bonchev–Trinajstić information content (AvgIpc) is 2.74. The third-order valence-electron chi connectivity index (χ3n) is 2.37. The van der Waals surface area contributed by atoms with Crippen LogP contribution in [0.2, 0.25) is 0 Å². The maximum Gasteiger partial charge on any atom is 0.131 e. The number of rotatable bonds is 5. The van der Waals surface area contributed by atoms with Crippen LogP contribution in [-0.4, -0.2) is 21.5 Å². The van der Waals surface area contributed by atoms with Crippen LogP contribution in [0.4, 0.5) is 5.82 Å². The molecular weight excluding hydrogens is 312 g/mol. The van der Waals surface area contributed by atoms with Crippen molar-refractivity contribution in [2.75, 3.05) is 11.9 Å². The van der Waals surface area contributed by atoms with E-state index in [1.165, 1.54) is 0 Å². The molecule has 2 heterocycles. The summed E-state index contributed by atoms with van der Waals surface area (Å²) in [6, 6.07) is 1.90. The number of aryl methyl sites for hydroxylation is 2. The second kappa shape index (κ2) is 6.24. The van der Waals surface area contributed by atoms with E-state index in [0.717, 1.165) is 46.3 Å². The quantitative estimate of drug-likeness (QED) is 0.857. The van der Waals surface area contributed by atoms with Crippen LogP contribution < -0.4 is 5.32 Å². The molecular formula is C12H15BrN4S. The highest BCUT2D eigenvalue weighted by Crippen LogP contribution is 2.13. The minimum Gasteiger partial charge on any atom is -0.370 e. The predicted octanol–water partition coefficient (Wildman–Crippen LogP) is 3.22. The highest BCUT2D eigenvalue weighted by Gasteiger charge is 2.02. The summed E-state index contributed by atoms with van der Waals surface area (Å²) in [4.78, 5) is 13.1. The molecule has 18 heavy (non-hydrogen) atoms. The van der Waals surface area contributed by atoms with Gasteiger partial charge in [-0.3, -0.25) is 0 Å².